The number of hydrogen-bond acceptors (Lipinski definition) is 4. The van der Waals surface area contributed by atoms with E-state index in [1.54, 1.807) is 0 Å². The lowest BCUT2D eigenvalue weighted by atomic mass is 10.0. The lowest BCUT2D eigenvalue weighted by Crippen LogP contribution is -2.56. The average molecular weight is 306 g/mol. The molecule has 0 unspecified atom stereocenters. The largest absolute Gasteiger partial charge is 0.377 e. The summed E-state index contributed by atoms with van der Waals surface area (Å²) in [7, 11) is 2.14. The molecule has 2 aliphatic heterocycles. The predicted molar refractivity (Wildman–Crippen MR) is 83.9 cm³/mol. The van der Waals surface area contributed by atoms with E-state index in [9.17, 15) is 4.79 Å². The van der Waals surface area contributed by atoms with Crippen molar-refractivity contribution < 1.29 is 9.53 Å². The molecule has 0 aliphatic carbocycles. The molecule has 1 amide bonds. The quantitative estimate of drug-likeness (QED) is 0.847. The predicted octanol–water partition coefficient (Wildman–Crippen LogP) is 1.40. The van der Waals surface area contributed by atoms with Gasteiger partial charge in [-0.05, 0) is 46.3 Å². The highest BCUT2D eigenvalue weighted by molar-refractivity contribution is 5.92. The van der Waals surface area contributed by atoms with Crippen LogP contribution < -0.4 is 0 Å². The van der Waals surface area contributed by atoms with E-state index in [2.05, 4.69) is 30.9 Å². The summed E-state index contributed by atoms with van der Waals surface area (Å²) >= 11 is 0. The molecule has 0 N–H and O–H groups in total. The molecule has 0 aromatic carbocycles. The number of morpholine rings is 1. The lowest BCUT2D eigenvalue weighted by Gasteiger charge is -2.40. The standard InChI is InChI=1S/C16H26N4O2/c1-12(2)20-8-6-13(17-20)16(21)19-9-10-22-11-15(19)14-5-4-7-18(14)3/h6,8,12,14-15H,4-5,7,9-11H2,1-3H3/t14-,15+/m1/s1. The monoisotopic (exact) mass is 306 g/mol. The summed E-state index contributed by atoms with van der Waals surface area (Å²) in [6.07, 6.45) is 4.21. The number of likely N-dealkylation sites (tertiary alicyclic amines) is 1. The van der Waals surface area contributed by atoms with Gasteiger partial charge >= 0.3 is 0 Å². The zero-order valence-corrected chi connectivity index (χ0v) is 13.7. The van der Waals surface area contributed by atoms with E-state index in [0.717, 1.165) is 13.0 Å². The van der Waals surface area contributed by atoms with Crippen molar-refractivity contribution in [1.29, 1.82) is 0 Å². The summed E-state index contributed by atoms with van der Waals surface area (Å²) in [4.78, 5) is 17.2. The Bertz CT molecular complexity index is 528. The van der Waals surface area contributed by atoms with E-state index in [4.69, 9.17) is 4.74 Å². The zero-order chi connectivity index (χ0) is 15.7. The smallest absolute Gasteiger partial charge is 0.274 e. The number of nitrogens with zero attached hydrogens (tertiary/aromatic N) is 4. The van der Waals surface area contributed by atoms with Crippen LogP contribution in [0.5, 0.6) is 0 Å². The molecule has 6 heteroatoms. The summed E-state index contributed by atoms with van der Waals surface area (Å²) in [6, 6.07) is 2.63. The van der Waals surface area contributed by atoms with Crippen LogP contribution >= 0.6 is 0 Å². The van der Waals surface area contributed by atoms with Crippen molar-refractivity contribution >= 4 is 5.91 Å². The lowest BCUT2D eigenvalue weighted by molar-refractivity contribution is -0.0235. The number of hydrogen-bond donors (Lipinski definition) is 0. The average Bonchev–Trinajstić information content (AvgIpc) is 3.15. The van der Waals surface area contributed by atoms with Gasteiger partial charge in [0.15, 0.2) is 0 Å². The molecule has 0 saturated carbocycles. The van der Waals surface area contributed by atoms with Crippen LogP contribution in [0, 0.1) is 0 Å². The molecule has 3 rings (SSSR count). The van der Waals surface area contributed by atoms with Gasteiger partial charge in [-0.25, -0.2) is 0 Å². The first-order valence-electron chi connectivity index (χ1n) is 8.22. The van der Waals surface area contributed by atoms with Crippen molar-refractivity contribution in [2.75, 3.05) is 33.4 Å². The molecular weight excluding hydrogens is 280 g/mol. The normalized spacial score (nSPS) is 26.8. The number of carbonyl (C=O) groups excluding carboxylic acids is 1. The maximum absolute atomic E-state index is 12.9. The van der Waals surface area contributed by atoms with Crippen molar-refractivity contribution in [2.24, 2.45) is 0 Å². The van der Waals surface area contributed by atoms with Crippen LogP contribution in [-0.2, 0) is 4.74 Å². The molecule has 2 fully saturated rings. The van der Waals surface area contributed by atoms with Crippen molar-refractivity contribution in [2.45, 2.75) is 44.8 Å². The second-order valence-electron chi connectivity index (χ2n) is 6.61. The van der Waals surface area contributed by atoms with E-state index in [1.807, 2.05) is 21.8 Å². The second kappa shape index (κ2) is 6.38. The van der Waals surface area contributed by atoms with Gasteiger partial charge in [-0.3, -0.25) is 9.48 Å². The van der Waals surface area contributed by atoms with Gasteiger partial charge in [-0.15, -0.1) is 0 Å². The fraction of sp³-hybridized carbons (Fsp3) is 0.750. The van der Waals surface area contributed by atoms with E-state index in [-0.39, 0.29) is 18.0 Å². The van der Waals surface area contributed by atoms with Gasteiger partial charge in [0.25, 0.3) is 5.91 Å². The highest BCUT2D eigenvalue weighted by Gasteiger charge is 2.38. The molecule has 2 saturated heterocycles. The number of aromatic nitrogens is 2. The van der Waals surface area contributed by atoms with Crippen LogP contribution in [-0.4, -0.2) is 70.9 Å². The molecule has 1 aromatic heterocycles. The summed E-state index contributed by atoms with van der Waals surface area (Å²) in [6.45, 7) is 7.13. The van der Waals surface area contributed by atoms with Crippen molar-refractivity contribution in [1.82, 2.24) is 19.6 Å². The minimum atomic E-state index is 0.0352. The van der Waals surface area contributed by atoms with E-state index >= 15 is 0 Å². The Morgan fingerprint density at radius 3 is 2.82 bits per heavy atom. The third-order valence-corrected chi connectivity index (χ3v) is 4.80. The van der Waals surface area contributed by atoms with Crippen molar-refractivity contribution in [3.8, 4) is 0 Å². The summed E-state index contributed by atoms with van der Waals surface area (Å²) in [5.74, 6) is 0.0352. The Morgan fingerprint density at radius 1 is 1.36 bits per heavy atom. The fourth-order valence-electron chi connectivity index (χ4n) is 3.50. The third-order valence-electron chi connectivity index (χ3n) is 4.80. The Kier molecular flexibility index (Phi) is 4.49. The van der Waals surface area contributed by atoms with Crippen LogP contribution in [0.3, 0.4) is 0 Å². The third kappa shape index (κ3) is 2.90. The molecule has 2 aliphatic rings. The minimum Gasteiger partial charge on any atom is -0.377 e. The van der Waals surface area contributed by atoms with Crippen molar-refractivity contribution in [3.05, 3.63) is 18.0 Å². The highest BCUT2D eigenvalue weighted by atomic mass is 16.5. The molecule has 2 atom stereocenters. The summed E-state index contributed by atoms with van der Waals surface area (Å²) < 4.78 is 7.49. The molecule has 22 heavy (non-hydrogen) atoms. The van der Waals surface area contributed by atoms with Gasteiger partial charge in [0, 0.05) is 24.8 Å². The topological polar surface area (TPSA) is 50.6 Å². The first kappa shape index (κ1) is 15.5. The van der Waals surface area contributed by atoms with Crippen molar-refractivity contribution in [3.63, 3.8) is 0 Å². The molecule has 1 aromatic rings. The summed E-state index contributed by atoms with van der Waals surface area (Å²) in [5, 5.41) is 4.44. The number of carbonyl (C=O) groups is 1. The second-order valence-corrected chi connectivity index (χ2v) is 6.61. The Labute approximate surface area is 132 Å². The maximum Gasteiger partial charge on any atom is 0.274 e. The Morgan fingerprint density at radius 2 is 2.18 bits per heavy atom. The van der Waals surface area contributed by atoms with Crippen LogP contribution in [0.15, 0.2) is 12.3 Å². The maximum atomic E-state index is 12.9. The summed E-state index contributed by atoms with van der Waals surface area (Å²) in [5.41, 5.74) is 0.543. The van der Waals surface area contributed by atoms with Crippen LogP contribution in [0.1, 0.15) is 43.2 Å². The van der Waals surface area contributed by atoms with E-state index in [0.29, 0.717) is 31.5 Å². The SMILES string of the molecule is CC(C)n1ccc(C(=O)N2CCOC[C@H]2[C@H]2CCCN2C)n1. The number of likely N-dealkylation sites (N-methyl/N-ethyl adjacent to an activating group) is 1. The van der Waals surface area contributed by atoms with Gasteiger partial charge in [0.1, 0.15) is 5.69 Å². The molecule has 6 nitrogen and oxygen atoms in total. The van der Waals surface area contributed by atoms with E-state index in [1.165, 1.54) is 6.42 Å². The highest BCUT2D eigenvalue weighted by Crippen LogP contribution is 2.25. The number of ether oxygens (including phenoxy) is 1. The van der Waals surface area contributed by atoms with Gasteiger partial charge in [-0.1, -0.05) is 0 Å². The van der Waals surface area contributed by atoms with Gasteiger partial charge in [0.05, 0.1) is 19.3 Å². The van der Waals surface area contributed by atoms with Crippen LogP contribution in [0.2, 0.25) is 0 Å². The Hall–Kier alpha value is -1.40. The number of rotatable bonds is 3. The fourth-order valence-corrected chi connectivity index (χ4v) is 3.50. The van der Waals surface area contributed by atoms with Gasteiger partial charge in [0.2, 0.25) is 0 Å². The molecule has 0 spiro atoms. The Balaban J connectivity index is 1.78. The first-order chi connectivity index (χ1) is 10.6. The molecular formula is C16H26N4O2. The molecule has 122 valence electrons. The van der Waals surface area contributed by atoms with Crippen LogP contribution in [0.4, 0.5) is 0 Å². The minimum absolute atomic E-state index is 0.0352. The first-order valence-corrected chi connectivity index (χ1v) is 8.22. The molecule has 3 heterocycles. The number of amides is 1. The molecule has 0 bridgehead atoms. The van der Waals surface area contributed by atoms with E-state index < -0.39 is 0 Å². The van der Waals surface area contributed by atoms with Gasteiger partial charge in [-0.2, -0.15) is 5.10 Å². The molecule has 0 radical (unpaired) electrons. The zero-order valence-electron chi connectivity index (χ0n) is 13.7. The van der Waals surface area contributed by atoms with Gasteiger partial charge < -0.3 is 14.5 Å². The van der Waals surface area contributed by atoms with Crippen LogP contribution in [0.25, 0.3) is 0 Å².